The van der Waals surface area contributed by atoms with Crippen molar-refractivity contribution in [3.63, 3.8) is 0 Å². The summed E-state index contributed by atoms with van der Waals surface area (Å²) < 4.78 is 62.3. The largest absolute Gasteiger partial charge is 0.472 e. The van der Waals surface area contributed by atoms with Crippen LogP contribution < -0.4 is 4.73 Å². The highest BCUT2D eigenvalue weighted by Gasteiger charge is 2.37. The quantitative estimate of drug-likeness (QED) is 0.244. The molecule has 0 radical (unpaired) electrons. The molecule has 0 bridgehead atoms. The molecule has 0 saturated carbocycles. The SMILES string of the molecule is O=C(c1nc2c(C(F)(F)F)cc(-c3ccoc3)cn2c1Cl)N1CC=C(c2c(F)ccc[n+]2O)CC1. The van der Waals surface area contributed by atoms with E-state index in [1.54, 1.807) is 6.08 Å². The number of amides is 1. The third-order valence-electron chi connectivity index (χ3n) is 5.75. The van der Waals surface area contributed by atoms with Crippen molar-refractivity contribution >= 4 is 28.7 Å². The molecule has 180 valence electrons. The molecule has 0 spiro atoms. The summed E-state index contributed by atoms with van der Waals surface area (Å²) in [5.74, 6) is -1.30. The van der Waals surface area contributed by atoms with Crippen LogP contribution in [0.4, 0.5) is 17.6 Å². The molecule has 0 aliphatic carbocycles. The number of fused-ring (bicyclic) bond motifs is 1. The van der Waals surface area contributed by atoms with E-state index in [0.717, 1.165) is 10.5 Å². The van der Waals surface area contributed by atoms with Gasteiger partial charge in [-0.1, -0.05) is 17.7 Å². The molecule has 0 atom stereocenters. The van der Waals surface area contributed by atoms with Crippen molar-refractivity contribution in [2.75, 3.05) is 13.1 Å². The number of imidazole rings is 1. The van der Waals surface area contributed by atoms with Crippen LogP contribution in [0.1, 0.15) is 28.2 Å². The third-order valence-corrected chi connectivity index (χ3v) is 6.11. The van der Waals surface area contributed by atoms with Crippen LogP contribution in [0.25, 0.3) is 22.3 Å². The monoisotopic (exact) mass is 507 g/mol. The highest BCUT2D eigenvalue weighted by molar-refractivity contribution is 6.33. The number of nitrogens with zero attached hydrogens (tertiary/aromatic N) is 4. The topological polar surface area (TPSA) is 74.9 Å². The summed E-state index contributed by atoms with van der Waals surface area (Å²) >= 11 is 6.35. The number of halogens is 5. The van der Waals surface area contributed by atoms with Crippen LogP contribution in [0.3, 0.4) is 0 Å². The standard InChI is InChI=1S/C23H16ClF4N4O3/c24-20-18(22(33)30-7-3-13(4-8-30)19-17(25)2-1-6-32(19)34)29-21-16(23(26,27)28)10-15(11-31(20)21)14-5-9-35-12-14/h1-3,5-6,9-12,34H,4,7-8H2/q+1. The zero-order valence-electron chi connectivity index (χ0n) is 17.8. The van der Waals surface area contributed by atoms with E-state index in [-0.39, 0.29) is 41.6 Å². The number of aromatic nitrogens is 3. The molecule has 1 aliphatic rings. The van der Waals surface area contributed by atoms with Gasteiger partial charge < -0.3 is 9.32 Å². The molecule has 0 saturated heterocycles. The van der Waals surface area contributed by atoms with E-state index in [4.69, 9.17) is 16.0 Å². The van der Waals surface area contributed by atoms with Gasteiger partial charge in [-0.2, -0.15) is 17.6 Å². The first-order chi connectivity index (χ1) is 16.6. The maximum absolute atomic E-state index is 14.2. The predicted octanol–water partition coefficient (Wildman–Crippen LogP) is 4.86. The molecule has 4 aromatic heterocycles. The van der Waals surface area contributed by atoms with Crippen molar-refractivity contribution in [3.8, 4) is 11.1 Å². The lowest BCUT2D eigenvalue weighted by Crippen LogP contribution is -2.39. The Balaban J connectivity index is 1.51. The van der Waals surface area contributed by atoms with Gasteiger partial charge in [0.1, 0.15) is 5.15 Å². The Morgan fingerprint density at radius 3 is 2.69 bits per heavy atom. The van der Waals surface area contributed by atoms with Crippen LogP contribution in [0.5, 0.6) is 0 Å². The smallest absolute Gasteiger partial charge is 0.420 e. The zero-order chi connectivity index (χ0) is 24.9. The summed E-state index contributed by atoms with van der Waals surface area (Å²) in [4.78, 5) is 18.4. The van der Waals surface area contributed by atoms with E-state index in [2.05, 4.69) is 4.98 Å². The van der Waals surface area contributed by atoms with Crippen molar-refractivity contribution in [2.24, 2.45) is 0 Å². The molecule has 0 fully saturated rings. The van der Waals surface area contributed by atoms with Gasteiger partial charge in [-0.25, -0.2) is 4.98 Å². The number of carbonyl (C=O) groups excluding carboxylic acids is 1. The molecular weight excluding hydrogens is 492 g/mol. The molecule has 5 heterocycles. The first-order valence-electron chi connectivity index (χ1n) is 10.3. The minimum Gasteiger partial charge on any atom is -0.472 e. The van der Waals surface area contributed by atoms with Gasteiger partial charge in [0.2, 0.25) is 6.20 Å². The van der Waals surface area contributed by atoms with Crippen molar-refractivity contribution in [1.82, 2.24) is 14.3 Å². The lowest BCUT2D eigenvalue weighted by atomic mass is 10.0. The molecule has 5 rings (SSSR count). The Hall–Kier alpha value is -3.86. The van der Waals surface area contributed by atoms with Crippen LogP contribution >= 0.6 is 11.6 Å². The average Bonchev–Trinajstić information content (AvgIpc) is 3.46. The van der Waals surface area contributed by atoms with Gasteiger partial charge in [0.15, 0.2) is 17.2 Å². The van der Waals surface area contributed by atoms with E-state index in [0.29, 0.717) is 15.9 Å². The number of rotatable bonds is 3. The van der Waals surface area contributed by atoms with E-state index < -0.39 is 29.1 Å². The molecule has 0 aromatic carbocycles. The lowest BCUT2D eigenvalue weighted by molar-refractivity contribution is -0.907. The molecule has 1 N–H and O–H groups in total. The summed E-state index contributed by atoms with van der Waals surface area (Å²) in [6, 6.07) is 4.97. The maximum atomic E-state index is 14.2. The minimum absolute atomic E-state index is 0.0213. The first-order valence-corrected chi connectivity index (χ1v) is 10.7. The van der Waals surface area contributed by atoms with Crippen molar-refractivity contribution in [1.29, 1.82) is 0 Å². The van der Waals surface area contributed by atoms with Gasteiger partial charge in [0.25, 0.3) is 11.6 Å². The summed E-state index contributed by atoms with van der Waals surface area (Å²) in [5.41, 5.74) is -0.833. The Morgan fingerprint density at radius 2 is 2.06 bits per heavy atom. The number of furan rings is 1. The van der Waals surface area contributed by atoms with E-state index in [1.807, 2.05) is 0 Å². The molecule has 7 nitrogen and oxygen atoms in total. The van der Waals surface area contributed by atoms with Gasteiger partial charge in [0, 0.05) is 46.8 Å². The van der Waals surface area contributed by atoms with E-state index >= 15 is 0 Å². The molecule has 35 heavy (non-hydrogen) atoms. The fourth-order valence-electron chi connectivity index (χ4n) is 4.04. The highest BCUT2D eigenvalue weighted by Crippen LogP contribution is 2.37. The fraction of sp³-hybridized carbons (Fsp3) is 0.174. The predicted molar refractivity (Wildman–Crippen MR) is 115 cm³/mol. The second kappa shape index (κ2) is 8.42. The van der Waals surface area contributed by atoms with Gasteiger partial charge in [-0.3, -0.25) is 14.4 Å². The minimum atomic E-state index is -4.75. The number of carbonyl (C=O) groups is 1. The molecule has 0 unspecified atom stereocenters. The van der Waals surface area contributed by atoms with Crippen LogP contribution in [0, 0.1) is 5.82 Å². The summed E-state index contributed by atoms with van der Waals surface area (Å²) in [7, 11) is 0. The average molecular weight is 508 g/mol. The number of hydrogen-bond acceptors (Lipinski definition) is 4. The van der Waals surface area contributed by atoms with Crippen molar-refractivity contribution < 1.29 is 36.7 Å². The Labute approximate surface area is 200 Å². The highest BCUT2D eigenvalue weighted by atomic mass is 35.5. The second-order valence-electron chi connectivity index (χ2n) is 7.88. The zero-order valence-corrected chi connectivity index (χ0v) is 18.5. The second-order valence-corrected chi connectivity index (χ2v) is 8.23. The first kappa shape index (κ1) is 22.9. The van der Waals surface area contributed by atoms with Crippen LogP contribution in [0.15, 0.2) is 59.7 Å². The van der Waals surface area contributed by atoms with E-state index in [9.17, 15) is 27.6 Å². The normalized spacial score (nSPS) is 14.4. The summed E-state index contributed by atoms with van der Waals surface area (Å²) in [5, 5.41) is 9.66. The molecule has 1 aliphatic heterocycles. The van der Waals surface area contributed by atoms with Gasteiger partial charge in [0.05, 0.1) is 18.1 Å². The van der Waals surface area contributed by atoms with E-state index in [1.165, 1.54) is 48.0 Å². The lowest BCUT2D eigenvalue weighted by Gasteiger charge is -2.24. The van der Waals surface area contributed by atoms with Crippen LogP contribution in [-0.4, -0.2) is 38.5 Å². The molecule has 12 heteroatoms. The molecular formula is C23H16ClF4N4O3+. The number of alkyl halides is 3. The molecule has 1 amide bonds. The van der Waals surface area contributed by atoms with Gasteiger partial charge >= 0.3 is 6.18 Å². The number of hydrogen-bond donors (Lipinski definition) is 1. The Morgan fingerprint density at radius 1 is 1.26 bits per heavy atom. The van der Waals surface area contributed by atoms with Gasteiger partial charge in [-0.15, -0.1) is 0 Å². The fourth-order valence-corrected chi connectivity index (χ4v) is 4.29. The Kier molecular flexibility index (Phi) is 5.51. The Bertz CT molecular complexity index is 1460. The maximum Gasteiger partial charge on any atom is 0.420 e. The van der Waals surface area contributed by atoms with Crippen molar-refractivity contribution in [2.45, 2.75) is 12.6 Å². The van der Waals surface area contributed by atoms with Crippen molar-refractivity contribution in [3.05, 3.63) is 83.2 Å². The van der Waals surface area contributed by atoms with Crippen LogP contribution in [-0.2, 0) is 6.18 Å². The van der Waals surface area contributed by atoms with Gasteiger partial charge in [-0.05, 0) is 24.6 Å². The summed E-state index contributed by atoms with van der Waals surface area (Å²) in [6.45, 7) is 0.148. The van der Waals surface area contributed by atoms with Crippen LogP contribution in [0.2, 0.25) is 5.15 Å². The summed E-state index contributed by atoms with van der Waals surface area (Å²) in [6.07, 6.45) is 2.27. The third kappa shape index (κ3) is 4.01. The molecule has 4 aromatic rings. The number of pyridine rings is 2.